The fourth-order valence-corrected chi connectivity index (χ4v) is 5.99. The lowest BCUT2D eigenvalue weighted by Crippen LogP contribution is -2.74. The van der Waals surface area contributed by atoms with Gasteiger partial charge >= 0.3 is 5.97 Å². The molecule has 3 fully saturated rings. The van der Waals surface area contributed by atoms with E-state index in [9.17, 15) is 23.9 Å². The summed E-state index contributed by atoms with van der Waals surface area (Å²) in [5, 5.41) is 16.0. The van der Waals surface area contributed by atoms with Crippen molar-refractivity contribution in [1.82, 2.24) is 10.6 Å². The minimum Gasteiger partial charge on any atom is -0.481 e. The van der Waals surface area contributed by atoms with Crippen molar-refractivity contribution in [3.05, 3.63) is 83.2 Å². The van der Waals surface area contributed by atoms with E-state index in [0.29, 0.717) is 50.6 Å². The van der Waals surface area contributed by atoms with Gasteiger partial charge in [-0.15, -0.1) is 0 Å². The molecular weight excluding hydrogens is 499 g/mol. The molecule has 3 aliphatic carbocycles. The van der Waals surface area contributed by atoms with Gasteiger partial charge in [-0.1, -0.05) is 19.1 Å². The quantitative estimate of drug-likeness (QED) is 0.298. The smallest absolute Gasteiger partial charge is 0.307 e. The summed E-state index contributed by atoms with van der Waals surface area (Å²) in [6.45, 7) is 2.16. The van der Waals surface area contributed by atoms with Crippen molar-refractivity contribution in [3.8, 4) is 22.5 Å². The number of aliphatic carboxylic acids is 1. The number of benzene rings is 3. The molecule has 0 spiro atoms. The van der Waals surface area contributed by atoms with E-state index in [1.165, 1.54) is 31.3 Å². The van der Waals surface area contributed by atoms with Gasteiger partial charge in [-0.2, -0.15) is 0 Å². The number of hydrogen-bond donors (Lipinski definition) is 3. The van der Waals surface area contributed by atoms with Crippen LogP contribution in [0.5, 0.6) is 0 Å². The Kier molecular flexibility index (Phi) is 5.79. The number of nitrogens with one attached hydrogen (secondary N) is 2. The number of carboxylic acid groups (broad SMARTS) is 1. The molecule has 8 heteroatoms. The molecule has 3 saturated carbocycles. The Bertz CT molecular complexity index is 1650. The second kappa shape index (κ2) is 9.08. The lowest BCUT2D eigenvalue weighted by molar-refractivity contribution is -0.136. The Morgan fingerprint density at radius 3 is 2.38 bits per heavy atom. The number of rotatable bonds is 7. The maximum Gasteiger partial charge on any atom is 0.307 e. The predicted octanol–water partition coefficient (Wildman–Crippen LogP) is 5.42. The maximum absolute atomic E-state index is 13.6. The summed E-state index contributed by atoms with van der Waals surface area (Å²) in [7, 11) is 1.50. The first kappa shape index (κ1) is 24.9. The van der Waals surface area contributed by atoms with Crippen LogP contribution in [0.2, 0.25) is 0 Å². The molecule has 1 heterocycles. The molecular formula is C31H27FN2O5. The second-order valence-electron chi connectivity index (χ2n) is 10.6. The van der Waals surface area contributed by atoms with Crippen LogP contribution < -0.4 is 10.6 Å². The van der Waals surface area contributed by atoms with E-state index >= 15 is 0 Å². The molecule has 39 heavy (non-hydrogen) atoms. The van der Waals surface area contributed by atoms with Gasteiger partial charge < -0.3 is 20.2 Å². The molecule has 4 aromatic rings. The first-order valence-corrected chi connectivity index (χ1v) is 12.9. The molecule has 1 atom stereocenters. The molecule has 2 amide bonds. The van der Waals surface area contributed by atoms with Crippen molar-refractivity contribution in [3.63, 3.8) is 0 Å². The van der Waals surface area contributed by atoms with Gasteiger partial charge in [-0.25, -0.2) is 4.39 Å². The number of fused-ring (bicyclic) bond motifs is 1. The molecule has 1 aromatic heterocycles. The molecule has 7 rings (SSSR count). The van der Waals surface area contributed by atoms with Gasteiger partial charge in [0.1, 0.15) is 17.2 Å². The standard InChI is InChI=1S/C31H27FN2O5/c1-16-21-14-31(16,15-21)34-29(37)19-5-3-4-18(10-19)23-13-24-25(11-20(23)12-26(35)36)39-28(27(24)30(38)33-2)17-6-8-22(32)9-7-17/h3-11,13,16,21H,12,14-15H2,1-2H3,(H,33,38)(H,34,37)(H,35,36)/t16-,21?,31?/m0/s1. The normalized spacial score (nSPS) is 21.1. The van der Waals surface area contributed by atoms with E-state index in [1.54, 1.807) is 30.3 Å². The number of carboxylic acids is 1. The third-order valence-corrected chi connectivity index (χ3v) is 8.45. The topological polar surface area (TPSA) is 109 Å². The highest BCUT2D eigenvalue weighted by Crippen LogP contribution is 2.61. The van der Waals surface area contributed by atoms with Crippen molar-refractivity contribution < 1.29 is 28.3 Å². The molecule has 3 N–H and O–H groups in total. The molecule has 0 aliphatic heterocycles. The number of carbonyl (C=O) groups is 3. The molecule has 3 aromatic carbocycles. The monoisotopic (exact) mass is 526 g/mol. The van der Waals surface area contributed by atoms with Gasteiger partial charge in [0.25, 0.3) is 11.8 Å². The zero-order chi connectivity index (χ0) is 27.5. The van der Waals surface area contributed by atoms with Gasteiger partial charge in [0.15, 0.2) is 0 Å². The average Bonchev–Trinajstić information content (AvgIpc) is 3.28. The second-order valence-corrected chi connectivity index (χ2v) is 10.6. The molecule has 198 valence electrons. The summed E-state index contributed by atoms with van der Waals surface area (Å²) < 4.78 is 19.6. The summed E-state index contributed by atoms with van der Waals surface area (Å²) in [4.78, 5) is 37.9. The first-order valence-electron chi connectivity index (χ1n) is 12.9. The highest BCUT2D eigenvalue weighted by molar-refractivity contribution is 6.12. The molecule has 3 aliphatic rings. The molecule has 0 radical (unpaired) electrons. The Morgan fingerprint density at radius 1 is 1.03 bits per heavy atom. The zero-order valence-corrected chi connectivity index (χ0v) is 21.5. The van der Waals surface area contributed by atoms with Gasteiger partial charge in [-0.3, -0.25) is 14.4 Å². The third-order valence-electron chi connectivity index (χ3n) is 8.45. The summed E-state index contributed by atoms with van der Waals surface area (Å²) >= 11 is 0. The van der Waals surface area contributed by atoms with Crippen LogP contribution in [0, 0.1) is 17.7 Å². The van der Waals surface area contributed by atoms with Gasteiger partial charge in [0.05, 0.1) is 12.0 Å². The van der Waals surface area contributed by atoms with Crippen molar-refractivity contribution in [2.24, 2.45) is 11.8 Å². The molecule has 0 unspecified atom stereocenters. The van der Waals surface area contributed by atoms with Gasteiger partial charge in [-0.05, 0) is 89.9 Å². The fourth-order valence-electron chi connectivity index (χ4n) is 5.99. The summed E-state index contributed by atoms with van der Waals surface area (Å²) in [5.74, 6) is -0.571. The van der Waals surface area contributed by atoms with Crippen LogP contribution in [0.15, 0.2) is 65.1 Å². The minimum atomic E-state index is -1.03. The summed E-state index contributed by atoms with van der Waals surface area (Å²) in [6.07, 6.45) is 1.74. The van der Waals surface area contributed by atoms with Crippen LogP contribution in [0.25, 0.3) is 33.4 Å². The third kappa shape index (κ3) is 4.07. The molecule has 7 nitrogen and oxygen atoms in total. The van der Waals surface area contributed by atoms with Crippen LogP contribution in [0.3, 0.4) is 0 Å². The first-order chi connectivity index (χ1) is 18.7. The van der Waals surface area contributed by atoms with E-state index in [1.807, 2.05) is 6.07 Å². The largest absolute Gasteiger partial charge is 0.481 e. The van der Waals surface area contributed by atoms with Crippen LogP contribution in [0.1, 0.15) is 46.0 Å². The van der Waals surface area contributed by atoms with Gasteiger partial charge in [0.2, 0.25) is 0 Å². The molecule has 2 bridgehead atoms. The van der Waals surface area contributed by atoms with Crippen molar-refractivity contribution in [2.45, 2.75) is 31.7 Å². The lowest BCUT2D eigenvalue weighted by atomic mass is 9.43. The highest BCUT2D eigenvalue weighted by Gasteiger charge is 2.63. The number of halogens is 1. The number of carbonyl (C=O) groups excluding carboxylic acids is 2. The van der Waals surface area contributed by atoms with E-state index < -0.39 is 17.7 Å². The van der Waals surface area contributed by atoms with E-state index in [2.05, 4.69) is 17.6 Å². The number of furan rings is 1. The van der Waals surface area contributed by atoms with Gasteiger partial charge in [0, 0.05) is 29.1 Å². The highest BCUT2D eigenvalue weighted by atomic mass is 19.1. The van der Waals surface area contributed by atoms with Crippen LogP contribution in [-0.4, -0.2) is 35.5 Å². The molecule has 0 saturated heterocycles. The summed E-state index contributed by atoms with van der Waals surface area (Å²) in [5.41, 5.74) is 3.18. The van der Waals surface area contributed by atoms with Crippen LogP contribution >= 0.6 is 0 Å². The van der Waals surface area contributed by atoms with E-state index in [-0.39, 0.29) is 29.2 Å². The van der Waals surface area contributed by atoms with Crippen LogP contribution in [0.4, 0.5) is 4.39 Å². The summed E-state index contributed by atoms with van der Waals surface area (Å²) in [6, 6.07) is 16.0. The minimum absolute atomic E-state index is 0.110. The Labute approximate surface area is 224 Å². The Hall–Kier alpha value is -4.46. The van der Waals surface area contributed by atoms with E-state index in [4.69, 9.17) is 4.42 Å². The number of amides is 2. The lowest BCUT2D eigenvalue weighted by Gasteiger charge is -2.67. The van der Waals surface area contributed by atoms with E-state index in [0.717, 1.165) is 12.8 Å². The van der Waals surface area contributed by atoms with Crippen molar-refractivity contribution >= 4 is 28.8 Å². The Morgan fingerprint density at radius 2 is 1.77 bits per heavy atom. The zero-order valence-electron chi connectivity index (χ0n) is 21.5. The Balaban J connectivity index is 1.47. The van der Waals surface area contributed by atoms with Crippen molar-refractivity contribution in [2.75, 3.05) is 7.05 Å². The predicted molar refractivity (Wildman–Crippen MR) is 144 cm³/mol. The fraction of sp³-hybridized carbons (Fsp3) is 0.258. The number of hydrogen-bond acceptors (Lipinski definition) is 4. The van der Waals surface area contributed by atoms with Crippen molar-refractivity contribution in [1.29, 1.82) is 0 Å². The average molecular weight is 527 g/mol. The van der Waals surface area contributed by atoms with Crippen LogP contribution in [-0.2, 0) is 11.2 Å². The maximum atomic E-state index is 13.6. The SMILES string of the molecule is CNC(=O)c1c(-c2ccc(F)cc2)oc2cc(CC(=O)O)c(-c3cccc(C(=O)NC45CC(C4)[C@@H]5C)c3)cc12.